The Morgan fingerprint density at radius 3 is 2.50 bits per heavy atom. The molecule has 0 fully saturated rings. The highest BCUT2D eigenvalue weighted by Gasteiger charge is 2.19. The number of rotatable bonds is 7. The number of hydrogen-bond acceptors (Lipinski definition) is 6. The van der Waals surface area contributed by atoms with Gasteiger partial charge in [-0.3, -0.25) is 5.01 Å². The van der Waals surface area contributed by atoms with Gasteiger partial charge in [0.25, 0.3) is 0 Å². The second-order valence-electron chi connectivity index (χ2n) is 6.65. The summed E-state index contributed by atoms with van der Waals surface area (Å²) in [5.41, 5.74) is 3.10. The minimum atomic E-state index is -0.540. The number of aromatic nitrogens is 2. The van der Waals surface area contributed by atoms with Crippen LogP contribution in [0.15, 0.2) is 54.7 Å². The van der Waals surface area contributed by atoms with E-state index in [2.05, 4.69) is 5.10 Å². The third-order valence-electron chi connectivity index (χ3n) is 4.49. The molecule has 30 heavy (non-hydrogen) atoms. The van der Waals surface area contributed by atoms with Crippen molar-refractivity contribution >= 4 is 11.7 Å². The zero-order chi connectivity index (χ0) is 21.7. The molecule has 0 radical (unpaired) electrons. The fourth-order valence-electron chi connectivity index (χ4n) is 2.91. The van der Waals surface area contributed by atoms with Crippen LogP contribution in [0, 0.1) is 6.92 Å². The van der Waals surface area contributed by atoms with Gasteiger partial charge in [0, 0.05) is 24.9 Å². The Hall–Kier alpha value is -3.56. The third kappa shape index (κ3) is 4.70. The molecule has 158 valence electrons. The molecule has 2 amide bonds. The number of ether oxygens (including phenoxy) is 2. The van der Waals surface area contributed by atoms with E-state index >= 15 is 0 Å². The van der Waals surface area contributed by atoms with Crippen LogP contribution >= 0.6 is 0 Å². The lowest BCUT2D eigenvalue weighted by Crippen LogP contribution is -2.49. The van der Waals surface area contributed by atoms with Gasteiger partial charge in [0.15, 0.2) is 0 Å². The van der Waals surface area contributed by atoms with E-state index in [4.69, 9.17) is 21.2 Å². The number of anilines is 1. The van der Waals surface area contributed by atoms with Gasteiger partial charge in [0.1, 0.15) is 12.4 Å². The minimum absolute atomic E-state index is 0.192. The van der Waals surface area contributed by atoms with Gasteiger partial charge in [-0.1, -0.05) is 12.1 Å². The van der Waals surface area contributed by atoms with Gasteiger partial charge < -0.3 is 9.47 Å². The third-order valence-corrected chi connectivity index (χ3v) is 4.49. The van der Waals surface area contributed by atoms with Gasteiger partial charge >= 0.3 is 6.03 Å². The summed E-state index contributed by atoms with van der Waals surface area (Å²) in [4.78, 5) is 12.1. The van der Waals surface area contributed by atoms with Gasteiger partial charge in [-0.25, -0.2) is 26.2 Å². The first-order valence-electron chi connectivity index (χ1n) is 9.48. The molecule has 1 heterocycles. The van der Waals surface area contributed by atoms with Gasteiger partial charge in [-0.2, -0.15) is 0 Å². The highest BCUT2D eigenvalue weighted by molar-refractivity contribution is 5.91. The van der Waals surface area contributed by atoms with Crippen LogP contribution in [0.4, 0.5) is 10.5 Å². The summed E-state index contributed by atoms with van der Waals surface area (Å²) in [6.45, 7) is 4.68. The van der Waals surface area contributed by atoms with Crippen molar-refractivity contribution in [2.45, 2.75) is 20.5 Å². The largest absolute Gasteiger partial charge is 0.494 e. The van der Waals surface area contributed by atoms with Crippen LogP contribution in [-0.4, -0.2) is 34.5 Å². The van der Waals surface area contributed by atoms with Gasteiger partial charge in [-0.05, 0) is 49.7 Å². The summed E-state index contributed by atoms with van der Waals surface area (Å²) in [6, 6.07) is 14.3. The second kappa shape index (κ2) is 9.29. The molecule has 9 nitrogen and oxygen atoms in total. The van der Waals surface area contributed by atoms with E-state index in [1.54, 1.807) is 16.8 Å². The number of nitrogens with two attached hydrogens (primary N) is 2. The van der Waals surface area contributed by atoms with Crippen molar-refractivity contribution in [3.63, 3.8) is 0 Å². The van der Waals surface area contributed by atoms with Crippen molar-refractivity contribution in [3.8, 4) is 17.3 Å². The Bertz CT molecular complexity index is 1000. The van der Waals surface area contributed by atoms with E-state index in [0.717, 1.165) is 32.6 Å². The summed E-state index contributed by atoms with van der Waals surface area (Å²) in [5.74, 6) is 12.7. The smallest absolute Gasteiger partial charge is 0.352 e. The first kappa shape index (κ1) is 21.2. The molecular formula is C21H26N6O3. The average molecular weight is 410 g/mol. The maximum absolute atomic E-state index is 12.1. The Balaban J connectivity index is 1.74. The van der Waals surface area contributed by atoms with Crippen LogP contribution in [0.5, 0.6) is 11.6 Å². The molecule has 3 aromatic rings. The molecule has 0 aliphatic carbocycles. The van der Waals surface area contributed by atoms with Crippen molar-refractivity contribution in [1.82, 2.24) is 14.8 Å². The Morgan fingerprint density at radius 1 is 1.10 bits per heavy atom. The Morgan fingerprint density at radius 2 is 1.83 bits per heavy atom. The molecule has 0 aliphatic rings. The fraction of sp³-hybridized carbons (Fsp3) is 0.238. The van der Waals surface area contributed by atoms with Gasteiger partial charge in [-0.15, -0.1) is 5.10 Å². The zero-order valence-corrected chi connectivity index (χ0v) is 17.3. The van der Waals surface area contributed by atoms with Crippen molar-refractivity contribution in [2.75, 3.05) is 18.7 Å². The number of amides is 2. The molecule has 0 unspecified atom stereocenters. The molecule has 1 aromatic heterocycles. The van der Waals surface area contributed by atoms with E-state index in [9.17, 15) is 4.79 Å². The molecule has 9 heteroatoms. The Kier molecular flexibility index (Phi) is 6.55. The number of benzene rings is 2. The van der Waals surface area contributed by atoms with Crippen molar-refractivity contribution in [2.24, 2.45) is 11.7 Å². The molecule has 0 aliphatic heterocycles. The number of aryl methyl sites for hydroxylation is 1. The van der Waals surface area contributed by atoms with Crippen LogP contribution in [-0.2, 0) is 6.61 Å². The maximum Gasteiger partial charge on any atom is 0.352 e. The lowest BCUT2D eigenvalue weighted by atomic mass is 10.1. The summed E-state index contributed by atoms with van der Waals surface area (Å²) < 4.78 is 13.0. The molecular weight excluding hydrogens is 384 g/mol. The van der Waals surface area contributed by atoms with Crippen LogP contribution in [0.3, 0.4) is 0 Å². The van der Waals surface area contributed by atoms with Crippen molar-refractivity contribution in [1.29, 1.82) is 0 Å². The SMILES string of the molecule is CCOc1ccc(-n2ccc(OCc3c(C)cccc3N(N)C(=O)N(C)N)n2)cc1. The molecule has 0 atom stereocenters. The van der Waals surface area contributed by atoms with E-state index in [-0.39, 0.29) is 6.61 Å². The zero-order valence-electron chi connectivity index (χ0n) is 17.3. The Labute approximate surface area is 175 Å². The van der Waals surface area contributed by atoms with Crippen LogP contribution in [0.1, 0.15) is 18.1 Å². The number of hydrazine groups is 2. The van der Waals surface area contributed by atoms with Gasteiger partial charge in [0.2, 0.25) is 5.88 Å². The predicted octanol–water partition coefficient (Wildman–Crippen LogP) is 2.76. The number of nitrogens with zero attached hydrogens (tertiary/aromatic N) is 4. The summed E-state index contributed by atoms with van der Waals surface area (Å²) in [7, 11) is 1.43. The average Bonchev–Trinajstić information content (AvgIpc) is 3.21. The highest BCUT2D eigenvalue weighted by Crippen LogP contribution is 2.24. The highest BCUT2D eigenvalue weighted by atomic mass is 16.5. The molecule has 4 N–H and O–H groups in total. The second-order valence-corrected chi connectivity index (χ2v) is 6.65. The number of carbonyl (C=O) groups is 1. The monoisotopic (exact) mass is 410 g/mol. The predicted molar refractivity (Wildman–Crippen MR) is 114 cm³/mol. The van der Waals surface area contributed by atoms with E-state index in [1.807, 2.05) is 56.4 Å². The normalized spacial score (nSPS) is 10.6. The maximum atomic E-state index is 12.1. The van der Waals surface area contributed by atoms with Crippen LogP contribution in [0.25, 0.3) is 5.69 Å². The van der Waals surface area contributed by atoms with Gasteiger partial charge in [0.05, 0.1) is 18.0 Å². The molecule has 0 saturated heterocycles. The van der Waals surface area contributed by atoms with E-state index in [1.165, 1.54) is 7.05 Å². The summed E-state index contributed by atoms with van der Waals surface area (Å²) in [5, 5.41) is 6.38. The fourth-order valence-corrected chi connectivity index (χ4v) is 2.91. The van der Waals surface area contributed by atoms with Crippen molar-refractivity contribution in [3.05, 3.63) is 65.9 Å². The van der Waals surface area contributed by atoms with E-state index in [0.29, 0.717) is 18.2 Å². The first-order chi connectivity index (χ1) is 14.4. The number of carbonyl (C=O) groups excluding carboxylic acids is 1. The van der Waals surface area contributed by atoms with Crippen molar-refractivity contribution < 1.29 is 14.3 Å². The molecule has 3 rings (SSSR count). The quantitative estimate of drug-likeness (QED) is 0.352. The van der Waals surface area contributed by atoms with Crippen LogP contribution < -0.4 is 26.2 Å². The van der Waals surface area contributed by atoms with E-state index < -0.39 is 6.03 Å². The first-order valence-corrected chi connectivity index (χ1v) is 9.48. The topological polar surface area (TPSA) is 112 Å². The minimum Gasteiger partial charge on any atom is -0.494 e. The lowest BCUT2D eigenvalue weighted by molar-refractivity contribution is 0.216. The molecule has 2 aromatic carbocycles. The molecule has 0 bridgehead atoms. The number of urea groups is 1. The van der Waals surface area contributed by atoms with Crippen LogP contribution in [0.2, 0.25) is 0 Å². The molecule has 0 spiro atoms. The number of hydrogen-bond donors (Lipinski definition) is 2. The molecule has 0 saturated carbocycles. The standard InChI is InChI=1S/C21H26N6O3/c1-4-29-17-10-8-16(9-11-17)26-13-12-20(24-26)30-14-18-15(2)6-5-7-19(18)27(23)21(28)25(3)22/h5-13H,4,14,22-23H2,1-3H3. The summed E-state index contributed by atoms with van der Waals surface area (Å²) >= 11 is 0. The lowest BCUT2D eigenvalue weighted by Gasteiger charge is -2.24. The summed E-state index contributed by atoms with van der Waals surface area (Å²) in [6.07, 6.45) is 1.81.